The maximum Gasteiger partial charge on any atom is 0.418 e. The summed E-state index contributed by atoms with van der Waals surface area (Å²) in [5, 5.41) is 3.08. The molecule has 3 aromatic carbocycles. The van der Waals surface area contributed by atoms with Crippen LogP contribution in [0.25, 0.3) is 16.6 Å². The normalized spacial score (nSPS) is 14.1. The number of aromatic nitrogens is 3. The lowest BCUT2D eigenvalue weighted by atomic mass is 9.99. The van der Waals surface area contributed by atoms with Crippen molar-refractivity contribution in [2.24, 2.45) is 13.0 Å². The highest BCUT2D eigenvalue weighted by atomic mass is 19.4. The summed E-state index contributed by atoms with van der Waals surface area (Å²) >= 11 is 0. The maximum absolute atomic E-state index is 15.4. The Morgan fingerprint density at radius 2 is 1.75 bits per heavy atom. The second-order valence-corrected chi connectivity index (χ2v) is 12.9. The van der Waals surface area contributed by atoms with Gasteiger partial charge in [-0.15, -0.1) is 0 Å². The van der Waals surface area contributed by atoms with Crippen LogP contribution in [0.3, 0.4) is 0 Å². The number of ether oxygens (including phenoxy) is 3. The van der Waals surface area contributed by atoms with Crippen LogP contribution in [0.1, 0.15) is 47.9 Å². The average Bonchev–Trinajstić information content (AvgIpc) is 3.34. The third-order valence-corrected chi connectivity index (χ3v) is 9.31. The molecular weight excluding hydrogens is 682 g/mol. The predicted molar refractivity (Wildman–Crippen MR) is 188 cm³/mol. The van der Waals surface area contributed by atoms with Crippen molar-refractivity contribution < 1.29 is 36.6 Å². The van der Waals surface area contributed by atoms with Gasteiger partial charge in [-0.05, 0) is 81.6 Å². The lowest BCUT2D eigenvalue weighted by Crippen LogP contribution is -2.34. The van der Waals surface area contributed by atoms with Gasteiger partial charge in [-0.2, -0.15) is 13.2 Å². The van der Waals surface area contributed by atoms with E-state index in [9.17, 15) is 22.8 Å². The van der Waals surface area contributed by atoms with E-state index in [1.807, 2.05) is 0 Å². The molecule has 0 bridgehead atoms. The number of likely N-dealkylation sites (tertiary alicyclic amines) is 1. The topological polar surface area (TPSA) is 99.9 Å². The molecule has 0 atom stereocenters. The van der Waals surface area contributed by atoms with Crippen LogP contribution in [0.15, 0.2) is 71.7 Å². The number of nitrogens with zero attached hydrogens (tertiary/aromatic N) is 4. The highest BCUT2D eigenvalue weighted by molar-refractivity contribution is 6.04. The molecule has 14 heteroatoms. The number of pyridine rings is 1. The van der Waals surface area contributed by atoms with E-state index in [1.54, 1.807) is 18.2 Å². The Balaban J connectivity index is 1.16. The Bertz CT molecular complexity index is 2150. The van der Waals surface area contributed by atoms with Crippen LogP contribution in [0.5, 0.6) is 23.0 Å². The van der Waals surface area contributed by atoms with E-state index in [2.05, 4.69) is 22.1 Å². The lowest BCUT2D eigenvalue weighted by Gasteiger charge is -2.30. The Morgan fingerprint density at radius 3 is 2.46 bits per heavy atom. The van der Waals surface area contributed by atoms with Crippen molar-refractivity contribution >= 4 is 22.5 Å². The van der Waals surface area contributed by atoms with Gasteiger partial charge in [-0.25, -0.2) is 9.18 Å². The SMILES string of the molecule is COc1cc2c(Oc3ccc(NC(=O)c4c(C)n(-c5ccccc5C(F)(F)F)c(=O)n4C)cc3F)ccnc2cc1OCCCN1CCC(C)CC1. The molecule has 1 amide bonds. The zero-order chi connectivity index (χ0) is 37.2. The number of para-hydroxylation sites is 1. The van der Waals surface area contributed by atoms with Crippen LogP contribution >= 0.6 is 0 Å². The van der Waals surface area contributed by atoms with E-state index in [4.69, 9.17) is 14.2 Å². The van der Waals surface area contributed by atoms with Crippen molar-refractivity contribution in [2.45, 2.75) is 39.3 Å². The lowest BCUT2D eigenvalue weighted by molar-refractivity contribution is -0.137. The van der Waals surface area contributed by atoms with Gasteiger partial charge in [0.15, 0.2) is 23.1 Å². The minimum Gasteiger partial charge on any atom is -0.493 e. The van der Waals surface area contributed by atoms with Gasteiger partial charge in [0.25, 0.3) is 5.91 Å². The first kappa shape index (κ1) is 36.4. The van der Waals surface area contributed by atoms with Crippen molar-refractivity contribution in [3.8, 4) is 28.7 Å². The molecule has 1 aliphatic heterocycles. The van der Waals surface area contributed by atoms with E-state index in [0.717, 1.165) is 59.3 Å². The molecular formula is C38H39F4N5O5. The van der Waals surface area contributed by atoms with Crippen molar-refractivity contribution in [1.82, 2.24) is 19.0 Å². The van der Waals surface area contributed by atoms with E-state index in [1.165, 1.54) is 64.4 Å². The average molecular weight is 722 g/mol. The summed E-state index contributed by atoms with van der Waals surface area (Å²) in [6, 6.07) is 13.4. The predicted octanol–water partition coefficient (Wildman–Crippen LogP) is 7.74. The van der Waals surface area contributed by atoms with Crippen LogP contribution in [-0.2, 0) is 13.2 Å². The molecule has 2 aromatic heterocycles. The molecule has 274 valence electrons. The van der Waals surface area contributed by atoms with E-state index in [-0.39, 0.29) is 22.8 Å². The number of anilines is 1. The summed E-state index contributed by atoms with van der Waals surface area (Å²) in [4.78, 5) is 33.3. The molecule has 0 spiro atoms. The fourth-order valence-electron chi connectivity index (χ4n) is 6.46. The number of hydrogen-bond acceptors (Lipinski definition) is 7. The van der Waals surface area contributed by atoms with Gasteiger partial charge < -0.3 is 24.4 Å². The van der Waals surface area contributed by atoms with E-state index < -0.39 is 34.8 Å². The Hall–Kier alpha value is -5.37. The number of halogens is 4. The van der Waals surface area contributed by atoms with E-state index in [0.29, 0.717) is 34.8 Å². The first-order valence-electron chi connectivity index (χ1n) is 16.9. The molecule has 0 saturated carbocycles. The molecule has 10 nitrogen and oxygen atoms in total. The Morgan fingerprint density at radius 1 is 1.00 bits per heavy atom. The van der Waals surface area contributed by atoms with Gasteiger partial charge in [0.05, 0.1) is 36.2 Å². The highest BCUT2D eigenvalue weighted by Crippen LogP contribution is 2.38. The van der Waals surface area contributed by atoms with Crippen molar-refractivity contribution in [3.05, 3.63) is 100 Å². The van der Waals surface area contributed by atoms with Gasteiger partial charge in [0, 0.05) is 43.0 Å². The second-order valence-electron chi connectivity index (χ2n) is 12.9. The summed E-state index contributed by atoms with van der Waals surface area (Å²) < 4.78 is 76.0. The molecule has 1 saturated heterocycles. The number of hydrogen-bond donors (Lipinski definition) is 1. The summed E-state index contributed by atoms with van der Waals surface area (Å²) in [5.74, 6) is 0.312. The molecule has 5 aromatic rings. The summed E-state index contributed by atoms with van der Waals surface area (Å²) in [7, 11) is 2.80. The van der Waals surface area contributed by atoms with E-state index >= 15 is 4.39 Å². The monoisotopic (exact) mass is 721 g/mol. The number of rotatable bonds is 11. The zero-order valence-corrected chi connectivity index (χ0v) is 29.2. The standard InChI is InChI=1S/C38H39F4N5O5/c1-23-13-17-46(18-14-23)16-7-19-51-34-22-29-26(21-33(34)50-4)31(12-15-43-29)52-32-11-10-25(20-28(32)39)44-36(48)35-24(2)47(37(49)45(35)3)30-9-6-5-8-27(30)38(40,41)42/h5-6,8-12,15,20-23H,7,13-14,16-19H2,1-4H3,(H,44,48). The van der Waals surface area contributed by atoms with Crippen molar-refractivity contribution in [3.63, 3.8) is 0 Å². The Kier molecular flexibility index (Phi) is 10.6. The first-order chi connectivity index (χ1) is 24.8. The number of imidazole rings is 1. The number of fused-ring (bicyclic) bond motifs is 1. The summed E-state index contributed by atoms with van der Waals surface area (Å²) in [6.07, 6.45) is 0.0904. The number of carbonyl (C=O) groups excluding carboxylic acids is 1. The number of amides is 1. The Labute approximate surface area is 297 Å². The summed E-state index contributed by atoms with van der Waals surface area (Å²) in [6.45, 7) is 7.33. The van der Waals surface area contributed by atoms with Gasteiger partial charge in [-0.1, -0.05) is 19.1 Å². The number of nitrogens with one attached hydrogen (secondary N) is 1. The maximum atomic E-state index is 15.4. The van der Waals surface area contributed by atoms with Crippen LogP contribution in [-0.4, -0.2) is 58.3 Å². The number of alkyl halides is 3. The van der Waals surface area contributed by atoms with Crippen LogP contribution in [0, 0.1) is 18.7 Å². The molecule has 1 N–H and O–H groups in total. The third kappa shape index (κ3) is 7.61. The molecule has 0 radical (unpaired) electrons. The smallest absolute Gasteiger partial charge is 0.418 e. The highest BCUT2D eigenvalue weighted by Gasteiger charge is 2.35. The number of benzene rings is 3. The van der Waals surface area contributed by atoms with Gasteiger partial charge in [0.1, 0.15) is 11.4 Å². The van der Waals surface area contributed by atoms with Crippen LogP contribution in [0.4, 0.5) is 23.2 Å². The van der Waals surface area contributed by atoms with Crippen LogP contribution in [0.2, 0.25) is 0 Å². The molecule has 1 aliphatic rings. The van der Waals surface area contributed by atoms with Gasteiger partial charge in [0.2, 0.25) is 0 Å². The first-order valence-corrected chi connectivity index (χ1v) is 16.9. The summed E-state index contributed by atoms with van der Waals surface area (Å²) in [5.41, 5.74) is -1.93. The number of piperidine rings is 1. The molecule has 3 heterocycles. The van der Waals surface area contributed by atoms with Crippen molar-refractivity contribution in [1.29, 1.82) is 0 Å². The minimum absolute atomic E-state index is 0.0252. The zero-order valence-electron chi connectivity index (χ0n) is 29.2. The molecule has 52 heavy (non-hydrogen) atoms. The third-order valence-electron chi connectivity index (χ3n) is 9.31. The molecule has 1 fully saturated rings. The fraction of sp³-hybridized carbons (Fsp3) is 0.342. The number of carbonyl (C=O) groups is 1. The van der Waals surface area contributed by atoms with Gasteiger partial charge in [-0.3, -0.25) is 18.9 Å². The van der Waals surface area contributed by atoms with Gasteiger partial charge >= 0.3 is 11.9 Å². The minimum atomic E-state index is -4.74. The quantitative estimate of drug-likeness (QED) is 0.110. The molecule has 0 unspecified atom stereocenters. The molecule has 0 aliphatic carbocycles. The number of methoxy groups -OCH3 is 1. The van der Waals surface area contributed by atoms with Crippen LogP contribution < -0.4 is 25.2 Å². The second kappa shape index (κ2) is 15.1. The molecule has 6 rings (SSSR count). The fourth-order valence-corrected chi connectivity index (χ4v) is 6.46. The largest absolute Gasteiger partial charge is 0.493 e. The van der Waals surface area contributed by atoms with Crippen molar-refractivity contribution in [2.75, 3.05) is 38.7 Å².